The summed E-state index contributed by atoms with van der Waals surface area (Å²) in [6.07, 6.45) is 0. The van der Waals surface area contributed by atoms with Crippen molar-refractivity contribution in [2.75, 3.05) is 0 Å². The highest BCUT2D eigenvalue weighted by Crippen LogP contribution is 2.30. The first-order valence-electron chi connectivity index (χ1n) is 7.23. The minimum Gasteiger partial charge on any atom is -0.487 e. The summed E-state index contributed by atoms with van der Waals surface area (Å²) in [6.45, 7) is 0.413. The fraction of sp³-hybridized carbons (Fsp3) is 0.0500. The lowest BCUT2D eigenvalue weighted by atomic mass is 10.1. The Morgan fingerprint density at radius 3 is 2.26 bits per heavy atom. The van der Waals surface area contributed by atoms with Crippen LogP contribution in [0.3, 0.4) is 0 Å². The van der Waals surface area contributed by atoms with E-state index < -0.39 is 0 Å². The molecule has 0 fully saturated rings. The van der Waals surface area contributed by atoms with Crippen molar-refractivity contribution in [1.82, 2.24) is 0 Å². The predicted octanol–water partition coefficient (Wildman–Crippen LogP) is 5.46. The molecule has 0 unspecified atom stereocenters. The van der Waals surface area contributed by atoms with Crippen LogP contribution in [-0.2, 0) is 6.61 Å². The molecule has 0 radical (unpaired) electrons. The molecule has 2 nitrogen and oxygen atoms in total. The maximum Gasteiger partial charge on any atom is 0.138 e. The third-order valence-corrected chi connectivity index (χ3v) is 3.81. The van der Waals surface area contributed by atoms with E-state index >= 15 is 0 Å². The van der Waals surface area contributed by atoms with Crippen molar-refractivity contribution in [2.24, 2.45) is 0 Å². The first kappa shape index (κ1) is 15.1. The van der Waals surface area contributed by atoms with Crippen molar-refractivity contribution in [3.05, 3.63) is 88.9 Å². The van der Waals surface area contributed by atoms with E-state index in [2.05, 4.69) is 6.07 Å². The van der Waals surface area contributed by atoms with Gasteiger partial charge in [0, 0.05) is 0 Å². The van der Waals surface area contributed by atoms with Crippen LogP contribution in [0, 0.1) is 11.3 Å². The molecular formula is C20H14ClNO. The molecule has 0 spiro atoms. The summed E-state index contributed by atoms with van der Waals surface area (Å²) in [5, 5.41) is 9.38. The molecule has 3 rings (SSSR count). The van der Waals surface area contributed by atoms with Gasteiger partial charge in [-0.05, 0) is 41.0 Å². The summed E-state index contributed by atoms with van der Waals surface area (Å²) < 4.78 is 5.77. The van der Waals surface area contributed by atoms with Gasteiger partial charge in [0.05, 0.1) is 16.7 Å². The highest BCUT2D eigenvalue weighted by atomic mass is 35.5. The minimum atomic E-state index is 0.413. The molecule has 0 aliphatic rings. The molecule has 0 aromatic heterocycles. The SMILES string of the molecule is N#Cc1ccc(COc2ccc(-c3ccccc3)cc2Cl)cc1. The second-order valence-electron chi connectivity index (χ2n) is 5.11. The Kier molecular flexibility index (Phi) is 4.61. The third-order valence-electron chi connectivity index (χ3n) is 3.52. The molecule has 0 amide bonds. The van der Waals surface area contributed by atoms with Crippen LogP contribution in [0.15, 0.2) is 72.8 Å². The van der Waals surface area contributed by atoms with E-state index in [-0.39, 0.29) is 0 Å². The Morgan fingerprint density at radius 1 is 0.870 bits per heavy atom. The molecule has 23 heavy (non-hydrogen) atoms. The van der Waals surface area contributed by atoms with E-state index in [1.807, 2.05) is 60.7 Å². The van der Waals surface area contributed by atoms with E-state index in [9.17, 15) is 0 Å². The third kappa shape index (κ3) is 3.71. The van der Waals surface area contributed by atoms with Crippen molar-refractivity contribution in [1.29, 1.82) is 5.26 Å². The summed E-state index contributed by atoms with van der Waals surface area (Å²) >= 11 is 6.33. The molecule has 0 bridgehead atoms. The van der Waals surface area contributed by atoms with Crippen molar-refractivity contribution >= 4 is 11.6 Å². The molecule has 0 heterocycles. The minimum absolute atomic E-state index is 0.413. The van der Waals surface area contributed by atoms with Crippen molar-refractivity contribution in [3.63, 3.8) is 0 Å². The van der Waals surface area contributed by atoms with Crippen LogP contribution in [0.4, 0.5) is 0 Å². The van der Waals surface area contributed by atoms with Gasteiger partial charge >= 0.3 is 0 Å². The average Bonchev–Trinajstić information content (AvgIpc) is 2.62. The van der Waals surface area contributed by atoms with Gasteiger partial charge in [-0.2, -0.15) is 5.26 Å². The molecular weight excluding hydrogens is 306 g/mol. The van der Waals surface area contributed by atoms with E-state index in [1.54, 1.807) is 12.1 Å². The fourth-order valence-corrected chi connectivity index (χ4v) is 2.50. The fourth-order valence-electron chi connectivity index (χ4n) is 2.26. The molecule has 3 aromatic rings. The maximum atomic E-state index is 8.79. The summed E-state index contributed by atoms with van der Waals surface area (Å²) in [6, 6.07) is 25.3. The van der Waals surface area contributed by atoms with Crippen molar-refractivity contribution < 1.29 is 4.74 Å². The van der Waals surface area contributed by atoms with E-state index in [0.717, 1.165) is 16.7 Å². The van der Waals surface area contributed by atoms with Crippen LogP contribution >= 0.6 is 11.6 Å². The summed E-state index contributed by atoms with van der Waals surface area (Å²) in [5.74, 6) is 0.649. The number of nitriles is 1. The Bertz CT molecular complexity index is 836. The molecule has 3 heteroatoms. The second kappa shape index (κ2) is 7.00. The molecule has 0 atom stereocenters. The van der Waals surface area contributed by atoms with Gasteiger partial charge in [-0.3, -0.25) is 0 Å². The molecule has 3 aromatic carbocycles. The zero-order valence-electron chi connectivity index (χ0n) is 12.4. The summed E-state index contributed by atoms with van der Waals surface area (Å²) in [5.41, 5.74) is 3.81. The Hall–Kier alpha value is -2.76. The normalized spacial score (nSPS) is 10.1. The highest BCUT2D eigenvalue weighted by molar-refractivity contribution is 6.32. The van der Waals surface area contributed by atoms with Gasteiger partial charge in [0.25, 0.3) is 0 Å². The number of ether oxygens (including phenoxy) is 1. The Labute approximate surface area is 140 Å². The smallest absolute Gasteiger partial charge is 0.138 e. The largest absolute Gasteiger partial charge is 0.487 e. The first-order chi connectivity index (χ1) is 11.3. The monoisotopic (exact) mass is 319 g/mol. The average molecular weight is 320 g/mol. The van der Waals surface area contributed by atoms with Crippen molar-refractivity contribution in [2.45, 2.75) is 6.61 Å². The highest BCUT2D eigenvalue weighted by Gasteiger charge is 2.05. The van der Waals surface area contributed by atoms with Gasteiger partial charge in [0.2, 0.25) is 0 Å². The number of rotatable bonds is 4. The molecule has 0 saturated heterocycles. The Morgan fingerprint density at radius 2 is 1.61 bits per heavy atom. The molecule has 0 aliphatic heterocycles. The lowest BCUT2D eigenvalue weighted by Crippen LogP contribution is -1.96. The summed E-state index contributed by atoms with van der Waals surface area (Å²) in [4.78, 5) is 0. The number of hydrogen-bond acceptors (Lipinski definition) is 2. The van der Waals surface area contributed by atoms with E-state index in [1.165, 1.54) is 0 Å². The van der Waals surface area contributed by atoms with Crippen LogP contribution in [0.1, 0.15) is 11.1 Å². The zero-order valence-corrected chi connectivity index (χ0v) is 13.1. The van der Waals surface area contributed by atoms with Crippen LogP contribution in [-0.4, -0.2) is 0 Å². The van der Waals surface area contributed by atoms with Crippen LogP contribution in [0.2, 0.25) is 5.02 Å². The number of halogens is 1. The number of benzene rings is 3. The van der Waals surface area contributed by atoms with Gasteiger partial charge in [-0.25, -0.2) is 0 Å². The van der Waals surface area contributed by atoms with Crippen LogP contribution in [0.25, 0.3) is 11.1 Å². The zero-order chi connectivity index (χ0) is 16.1. The molecule has 112 valence electrons. The van der Waals surface area contributed by atoms with Crippen LogP contribution < -0.4 is 4.74 Å². The van der Waals surface area contributed by atoms with E-state index in [0.29, 0.717) is 22.9 Å². The quantitative estimate of drug-likeness (QED) is 0.640. The second-order valence-corrected chi connectivity index (χ2v) is 5.52. The topological polar surface area (TPSA) is 33.0 Å². The van der Waals surface area contributed by atoms with Gasteiger partial charge in [0.1, 0.15) is 12.4 Å². The summed E-state index contributed by atoms with van der Waals surface area (Å²) in [7, 11) is 0. The van der Waals surface area contributed by atoms with Gasteiger partial charge in [0.15, 0.2) is 0 Å². The predicted molar refractivity (Wildman–Crippen MR) is 92.4 cm³/mol. The van der Waals surface area contributed by atoms with Crippen molar-refractivity contribution in [3.8, 4) is 22.9 Å². The number of nitrogens with zero attached hydrogens (tertiary/aromatic N) is 1. The van der Waals surface area contributed by atoms with Crippen LogP contribution in [0.5, 0.6) is 5.75 Å². The molecule has 0 N–H and O–H groups in total. The Balaban J connectivity index is 1.72. The van der Waals surface area contributed by atoms with Gasteiger partial charge in [-0.15, -0.1) is 0 Å². The first-order valence-corrected chi connectivity index (χ1v) is 7.61. The number of hydrogen-bond donors (Lipinski definition) is 0. The van der Waals surface area contributed by atoms with Gasteiger partial charge < -0.3 is 4.74 Å². The van der Waals surface area contributed by atoms with Gasteiger partial charge in [-0.1, -0.05) is 60.1 Å². The lowest BCUT2D eigenvalue weighted by Gasteiger charge is -2.10. The molecule has 0 aliphatic carbocycles. The molecule has 0 saturated carbocycles. The maximum absolute atomic E-state index is 8.79. The lowest BCUT2D eigenvalue weighted by molar-refractivity contribution is 0.306. The van der Waals surface area contributed by atoms with E-state index in [4.69, 9.17) is 21.6 Å². The standard InChI is InChI=1S/C20H14ClNO/c21-19-12-18(17-4-2-1-3-5-17)10-11-20(19)23-14-16-8-6-15(13-22)7-9-16/h1-12H,14H2.